The smallest absolute Gasteiger partial charge is 0.408 e. The highest BCUT2D eigenvalue weighted by Crippen LogP contribution is 2.10. The van der Waals surface area contributed by atoms with Crippen LogP contribution in [0.25, 0.3) is 0 Å². The van der Waals surface area contributed by atoms with Gasteiger partial charge >= 0.3 is 6.09 Å². The van der Waals surface area contributed by atoms with Gasteiger partial charge in [-0.15, -0.1) is 0 Å². The Morgan fingerprint density at radius 1 is 0.769 bits per heavy atom. The Kier molecular flexibility index (Phi) is 13.5. The summed E-state index contributed by atoms with van der Waals surface area (Å²) in [5, 5.41) is 8.07. The third-order valence-electron chi connectivity index (χ3n) is 6.05. The van der Waals surface area contributed by atoms with Crippen molar-refractivity contribution in [2.24, 2.45) is 17.4 Å². The summed E-state index contributed by atoms with van der Waals surface area (Å²) < 4.78 is 5.32. The SMILES string of the molecule is CC(C)C[C@H](NC(=O)[C@H](Cc1ccccc1)NC(=O)OCc1ccccc1)C(=O)N[C@@H](CCCCN)C(N)=O. The van der Waals surface area contributed by atoms with E-state index in [1.54, 1.807) is 0 Å². The van der Waals surface area contributed by atoms with E-state index in [9.17, 15) is 19.2 Å². The largest absolute Gasteiger partial charge is 0.445 e. The monoisotopic (exact) mass is 539 g/mol. The summed E-state index contributed by atoms with van der Waals surface area (Å²) >= 11 is 0. The Bertz CT molecular complexity index is 1050. The topological polar surface area (TPSA) is 166 Å². The Morgan fingerprint density at radius 2 is 1.33 bits per heavy atom. The van der Waals surface area contributed by atoms with Gasteiger partial charge in [0.15, 0.2) is 0 Å². The van der Waals surface area contributed by atoms with Crippen LogP contribution in [0.3, 0.4) is 0 Å². The third kappa shape index (κ3) is 12.0. The fourth-order valence-electron chi connectivity index (χ4n) is 3.99. The highest BCUT2D eigenvalue weighted by Gasteiger charge is 2.30. The molecule has 0 spiro atoms. The molecule has 2 rings (SSSR count). The average Bonchev–Trinajstić information content (AvgIpc) is 2.91. The number of primary amides is 1. The van der Waals surface area contributed by atoms with Crippen molar-refractivity contribution in [3.8, 4) is 0 Å². The van der Waals surface area contributed by atoms with Gasteiger partial charge < -0.3 is 32.2 Å². The summed E-state index contributed by atoms with van der Waals surface area (Å²) in [6.45, 7) is 4.35. The molecule has 0 saturated heterocycles. The fraction of sp³-hybridized carbons (Fsp3) is 0.448. The molecule has 0 aliphatic carbocycles. The number of ether oxygens (including phenoxy) is 1. The molecule has 0 bridgehead atoms. The van der Waals surface area contributed by atoms with E-state index >= 15 is 0 Å². The maximum atomic E-state index is 13.4. The minimum absolute atomic E-state index is 0.0450. The Morgan fingerprint density at radius 3 is 1.90 bits per heavy atom. The van der Waals surface area contributed by atoms with Gasteiger partial charge in [-0.3, -0.25) is 14.4 Å². The van der Waals surface area contributed by atoms with Gasteiger partial charge in [-0.05, 0) is 49.3 Å². The van der Waals surface area contributed by atoms with Gasteiger partial charge in [0.2, 0.25) is 17.7 Å². The second kappa shape index (κ2) is 16.8. The van der Waals surface area contributed by atoms with Crippen LogP contribution in [0.1, 0.15) is 50.7 Å². The first-order valence-corrected chi connectivity index (χ1v) is 13.3. The lowest BCUT2D eigenvalue weighted by atomic mass is 10.0. The van der Waals surface area contributed by atoms with E-state index in [-0.39, 0.29) is 18.9 Å². The number of nitrogens with two attached hydrogens (primary N) is 2. The van der Waals surface area contributed by atoms with E-state index in [1.807, 2.05) is 74.5 Å². The number of benzene rings is 2. The van der Waals surface area contributed by atoms with Crippen molar-refractivity contribution in [1.29, 1.82) is 0 Å². The second-order valence-corrected chi connectivity index (χ2v) is 9.89. The summed E-state index contributed by atoms with van der Waals surface area (Å²) in [7, 11) is 0. The molecule has 212 valence electrons. The lowest BCUT2D eigenvalue weighted by Crippen LogP contribution is -2.57. The molecule has 7 N–H and O–H groups in total. The van der Waals surface area contributed by atoms with Crippen LogP contribution in [0, 0.1) is 5.92 Å². The molecule has 2 aromatic carbocycles. The molecular formula is C29H41N5O5. The van der Waals surface area contributed by atoms with E-state index in [4.69, 9.17) is 16.2 Å². The van der Waals surface area contributed by atoms with Gasteiger partial charge in [0, 0.05) is 6.42 Å². The van der Waals surface area contributed by atoms with Gasteiger partial charge in [0.05, 0.1) is 0 Å². The number of carbonyl (C=O) groups is 4. The predicted molar refractivity (Wildman–Crippen MR) is 149 cm³/mol. The molecular weight excluding hydrogens is 498 g/mol. The number of hydrogen-bond donors (Lipinski definition) is 5. The number of alkyl carbamates (subject to hydrolysis) is 1. The van der Waals surface area contributed by atoms with Gasteiger partial charge in [-0.2, -0.15) is 0 Å². The molecule has 0 aliphatic heterocycles. The second-order valence-electron chi connectivity index (χ2n) is 9.89. The number of hydrogen-bond acceptors (Lipinski definition) is 6. The summed E-state index contributed by atoms with van der Waals surface area (Å²) in [5.74, 6) is -1.66. The Balaban J connectivity index is 2.13. The molecule has 39 heavy (non-hydrogen) atoms. The average molecular weight is 540 g/mol. The zero-order chi connectivity index (χ0) is 28.6. The molecule has 0 unspecified atom stereocenters. The number of unbranched alkanes of at least 4 members (excludes halogenated alkanes) is 1. The number of amides is 4. The van der Waals surface area contributed by atoms with Crippen LogP contribution >= 0.6 is 0 Å². The van der Waals surface area contributed by atoms with Gasteiger partial charge in [-0.1, -0.05) is 74.5 Å². The first kappa shape index (κ1) is 31.3. The first-order chi connectivity index (χ1) is 18.7. The van der Waals surface area contributed by atoms with Crippen LogP contribution in [0.4, 0.5) is 4.79 Å². The van der Waals surface area contributed by atoms with Crippen LogP contribution in [-0.2, 0) is 32.1 Å². The molecule has 0 aliphatic rings. The van der Waals surface area contributed by atoms with Crippen molar-refractivity contribution in [2.75, 3.05) is 6.54 Å². The predicted octanol–water partition coefficient (Wildman–Crippen LogP) is 2.15. The number of carbonyl (C=O) groups excluding carboxylic acids is 4. The molecule has 3 atom stereocenters. The Labute approximate surface area is 230 Å². The molecule has 0 fully saturated rings. The van der Waals surface area contributed by atoms with Crippen LogP contribution in [0.15, 0.2) is 60.7 Å². The lowest BCUT2D eigenvalue weighted by Gasteiger charge is -2.26. The standard InChI is InChI=1S/C29H41N5O5/c1-20(2)17-24(27(36)32-23(26(31)35)15-9-10-16-30)33-28(37)25(18-21-11-5-3-6-12-21)34-29(38)39-19-22-13-7-4-8-14-22/h3-8,11-14,20,23-25H,9-10,15-19,30H2,1-2H3,(H2,31,35)(H,32,36)(H,33,37)(H,34,38)/t23-,24-,25-/m0/s1. The third-order valence-corrected chi connectivity index (χ3v) is 6.05. The first-order valence-electron chi connectivity index (χ1n) is 13.3. The maximum Gasteiger partial charge on any atom is 0.408 e. The number of nitrogens with one attached hydrogen (secondary N) is 3. The van der Waals surface area contributed by atoms with Crippen molar-refractivity contribution >= 4 is 23.8 Å². The molecule has 2 aromatic rings. The molecule has 10 nitrogen and oxygen atoms in total. The minimum Gasteiger partial charge on any atom is -0.445 e. The summed E-state index contributed by atoms with van der Waals surface area (Å²) in [6, 6.07) is 15.6. The zero-order valence-corrected chi connectivity index (χ0v) is 22.7. The molecule has 0 saturated carbocycles. The fourth-order valence-corrected chi connectivity index (χ4v) is 3.99. The quantitative estimate of drug-likeness (QED) is 0.205. The number of rotatable bonds is 16. The Hall–Kier alpha value is -3.92. The van der Waals surface area contributed by atoms with Crippen molar-refractivity contribution in [1.82, 2.24) is 16.0 Å². The van der Waals surface area contributed by atoms with Gasteiger partial charge in [0.1, 0.15) is 24.7 Å². The molecule has 0 aromatic heterocycles. The summed E-state index contributed by atoms with van der Waals surface area (Å²) in [6.07, 6.45) is 1.42. The minimum atomic E-state index is -1.00. The normalized spacial score (nSPS) is 13.1. The summed E-state index contributed by atoms with van der Waals surface area (Å²) in [5.41, 5.74) is 12.6. The van der Waals surface area contributed by atoms with Crippen molar-refractivity contribution in [3.63, 3.8) is 0 Å². The van der Waals surface area contributed by atoms with Gasteiger partial charge in [0.25, 0.3) is 0 Å². The van der Waals surface area contributed by atoms with Crippen LogP contribution in [0.2, 0.25) is 0 Å². The van der Waals surface area contributed by atoms with Gasteiger partial charge in [-0.25, -0.2) is 4.79 Å². The molecule has 10 heteroatoms. The van der Waals surface area contributed by atoms with E-state index in [1.165, 1.54) is 0 Å². The lowest BCUT2D eigenvalue weighted by molar-refractivity contribution is -0.132. The van der Waals surface area contributed by atoms with E-state index in [0.29, 0.717) is 32.2 Å². The van der Waals surface area contributed by atoms with Crippen molar-refractivity contribution in [2.45, 2.75) is 70.7 Å². The molecule has 0 heterocycles. The van der Waals surface area contributed by atoms with E-state index < -0.39 is 41.9 Å². The highest BCUT2D eigenvalue weighted by molar-refractivity contribution is 5.93. The van der Waals surface area contributed by atoms with Crippen LogP contribution < -0.4 is 27.4 Å². The van der Waals surface area contributed by atoms with E-state index in [0.717, 1.165) is 11.1 Å². The maximum absolute atomic E-state index is 13.4. The van der Waals surface area contributed by atoms with Crippen molar-refractivity contribution < 1.29 is 23.9 Å². The van der Waals surface area contributed by atoms with Crippen molar-refractivity contribution in [3.05, 3.63) is 71.8 Å². The summed E-state index contributed by atoms with van der Waals surface area (Å²) in [4.78, 5) is 51.1. The van der Waals surface area contributed by atoms with Crippen LogP contribution in [0.5, 0.6) is 0 Å². The van der Waals surface area contributed by atoms with E-state index in [2.05, 4.69) is 16.0 Å². The van der Waals surface area contributed by atoms with Crippen LogP contribution in [-0.4, -0.2) is 48.5 Å². The molecule has 0 radical (unpaired) electrons. The molecule has 4 amide bonds. The zero-order valence-electron chi connectivity index (χ0n) is 22.7. The highest BCUT2D eigenvalue weighted by atomic mass is 16.5.